The zero-order valence-corrected chi connectivity index (χ0v) is 7.91. The van der Waals surface area contributed by atoms with Crippen LogP contribution in [0.1, 0.15) is 0 Å². The zero-order valence-electron chi connectivity index (χ0n) is 7.91. The highest BCUT2D eigenvalue weighted by atomic mass is 16.6. The summed E-state index contributed by atoms with van der Waals surface area (Å²) in [5, 5.41) is 36.8. The molecule has 0 bridgehead atoms. The Balaban J connectivity index is 2.71. The third-order valence-electron chi connectivity index (χ3n) is 2.42. The minimum atomic E-state index is -1.20. The van der Waals surface area contributed by atoms with Gasteiger partial charge in [0.1, 0.15) is 30.5 Å². The van der Waals surface area contributed by atoms with Crippen LogP contribution in [-0.2, 0) is 9.47 Å². The highest BCUT2D eigenvalue weighted by molar-refractivity contribution is 4.92. The number of methoxy groups -OCH3 is 1. The Morgan fingerprint density at radius 2 is 1.64 bits per heavy atom. The number of aliphatic hydroxyl groups is 4. The lowest BCUT2D eigenvalue weighted by Crippen LogP contribution is -2.60. The molecule has 1 heterocycles. The van der Waals surface area contributed by atoms with E-state index in [1.807, 2.05) is 0 Å². The van der Waals surface area contributed by atoms with Gasteiger partial charge in [-0.25, -0.2) is 0 Å². The Hall–Kier alpha value is -0.240. The Morgan fingerprint density at radius 1 is 1.07 bits per heavy atom. The van der Waals surface area contributed by atoms with Crippen molar-refractivity contribution in [2.24, 2.45) is 0 Å². The molecule has 5 atom stereocenters. The van der Waals surface area contributed by atoms with Crippen LogP contribution in [-0.4, -0.2) is 71.3 Å². The summed E-state index contributed by atoms with van der Waals surface area (Å²) < 4.78 is 10.0. The van der Waals surface area contributed by atoms with Crippen molar-refractivity contribution >= 4 is 0 Å². The predicted molar refractivity (Wildman–Crippen MR) is 45.6 cm³/mol. The van der Waals surface area contributed by atoms with E-state index in [-0.39, 0.29) is 6.61 Å². The molecule has 0 aromatic carbocycles. The van der Waals surface area contributed by atoms with Crippen molar-refractivity contribution in [3.8, 4) is 0 Å². The second-order valence-corrected chi connectivity index (χ2v) is 3.26. The lowest BCUT2D eigenvalue weighted by atomic mass is 9.95. The fraction of sp³-hybridized carbons (Fsp3) is 1.00. The molecule has 0 aromatic rings. The van der Waals surface area contributed by atoms with Crippen molar-refractivity contribution in [3.63, 3.8) is 0 Å². The SMILES string of the molecule is COC1C(CO)OC(CO)C(O)C1O. The maximum Gasteiger partial charge on any atom is 0.114 e. The minimum Gasteiger partial charge on any atom is -0.394 e. The van der Waals surface area contributed by atoms with Crippen LogP contribution in [0.2, 0.25) is 0 Å². The van der Waals surface area contributed by atoms with E-state index < -0.39 is 37.1 Å². The summed E-state index contributed by atoms with van der Waals surface area (Å²) in [6, 6.07) is 0. The highest BCUT2D eigenvalue weighted by Gasteiger charge is 2.43. The van der Waals surface area contributed by atoms with Crippen molar-refractivity contribution in [2.45, 2.75) is 30.5 Å². The first-order chi connectivity index (χ1) is 6.65. The van der Waals surface area contributed by atoms with E-state index in [2.05, 4.69) is 0 Å². The molecule has 0 spiro atoms. The van der Waals surface area contributed by atoms with Crippen molar-refractivity contribution in [2.75, 3.05) is 20.3 Å². The van der Waals surface area contributed by atoms with E-state index in [9.17, 15) is 10.2 Å². The number of hydrogen-bond acceptors (Lipinski definition) is 6. The molecular formula is C8H16O6. The first-order valence-corrected chi connectivity index (χ1v) is 4.41. The molecule has 14 heavy (non-hydrogen) atoms. The van der Waals surface area contributed by atoms with Gasteiger partial charge in [0.05, 0.1) is 13.2 Å². The molecule has 1 rings (SSSR count). The quantitative estimate of drug-likeness (QED) is 0.408. The molecule has 1 aliphatic rings. The number of rotatable bonds is 3. The largest absolute Gasteiger partial charge is 0.394 e. The van der Waals surface area contributed by atoms with E-state index in [0.29, 0.717) is 0 Å². The van der Waals surface area contributed by atoms with Crippen LogP contribution in [0.15, 0.2) is 0 Å². The average Bonchev–Trinajstić information content (AvgIpc) is 2.21. The number of aliphatic hydroxyl groups excluding tert-OH is 4. The predicted octanol–water partition coefficient (Wildman–Crippen LogP) is -2.52. The van der Waals surface area contributed by atoms with Gasteiger partial charge in [-0.1, -0.05) is 0 Å². The van der Waals surface area contributed by atoms with Crippen LogP contribution in [0.3, 0.4) is 0 Å². The molecule has 4 N–H and O–H groups in total. The van der Waals surface area contributed by atoms with Crippen molar-refractivity contribution < 1.29 is 29.9 Å². The van der Waals surface area contributed by atoms with Gasteiger partial charge >= 0.3 is 0 Å². The molecule has 84 valence electrons. The van der Waals surface area contributed by atoms with Gasteiger partial charge < -0.3 is 29.9 Å². The first-order valence-electron chi connectivity index (χ1n) is 4.41. The van der Waals surface area contributed by atoms with Gasteiger partial charge in [0.25, 0.3) is 0 Å². The summed E-state index contributed by atoms with van der Waals surface area (Å²) in [7, 11) is 1.35. The molecule has 1 saturated heterocycles. The van der Waals surface area contributed by atoms with Crippen LogP contribution in [0.5, 0.6) is 0 Å². The van der Waals surface area contributed by atoms with Gasteiger partial charge in [-0.15, -0.1) is 0 Å². The van der Waals surface area contributed by atoms with E-state index in [4.69, 9.17) is 19.7 Å². The van der Waals surface area contributed by atoms with Crippen molar-refractivity contribution in [1.82, 2.24) is 0 Å². The highest BCUT2D eigenvalue weighted by Crippen LogP contribution is 2.22. The van der Waals surface area contributed by atoms with E-state index >= 15 is 0 Å². The minimum absolute atomic E-state index is 0.335. The first kappa shape index (κ1) is 11.8. The van der Waals surface area contributed by atoms with Crippen molar-refractivity contribution in [1.29, 1.82) is 0 Å². The summed E-state index contributed by atoms with van der Waals surface area (Å²) >= 11 is 0. The van der Waals surface area contributed by atoms with E-state index in [1.54, 1.807) is 0 Å². The third-order valence-corrected chi connectivity index (χ3v) is 2.42. The summed E-state index contributed by atoms with van der Waals surface area (Å²) in [4.78, 5) is 0. The Kier molecular flexibility index (Phi) is 4.24. The van der Waals surface area contributed by atoms with Gasteiger partial charge in [0.2, 0.25) is 0 Å². The molecule has 6 nitrogen and oxygen atoms in total. The fourth-order valence-corrected chi connectivity index (χ4v) is 1.61. The van der Waals surface area contributed by atoms with Crippen LogP contribution < -0.4 is 0 Å². The summed E-state index contributed by atoms with van der Waals surface area (Å²) in [5.74, 6) is 0. The molecular weight excluding hydrogens is 192 g/mol. The zero-order chi connectivity index (χ0) is 10.7. The molecule has 1 fully saturated rings. The van der Waals surface area contributed by atoms with Crippen LogP contribution in [0.4, 0.5) is 0 Å². The van der Waals surface area contributed by atoms with Gasteiger partial charge in [-0.2, -0.15) is 0 Å². The van der Waals surface area contributed by atoms with Crippen LogP contribution >= 0.6 is 0 Å². The smallest absolute Gasteiger partial charge is 0.114 e. The lowest BCUT2D eigenvalue weighted by molar-refractivity contribution is -0.242. The maximum absolute atomic E-state index is 9.56. The van der Waals surface area contributed by atoms with Gasteiger partial charge in [0.15, 0.2) is 0 Å². The average molecular weight is 208 g/mol. The normalized spacial score (nSPS) is 43.9. The molecule has 0 amide bonds. The molecule has 0 aromatic heterocycles. The topological polar surface area (TPSA) is 99.4 Å². The standard InChI is InChI=1S/C8H16O6/c1-13-8-5(3-10)14-4(2-9)6(11)7(8)12/h4-12H,2-3H2,1H3. The number of ether oxygens (including phenoxy) is 2. The van der Waals surface area contributed by atoms with Crippen LogP contribution in [0, 0.1) is 0 Å². The Labute approximate surface area is 81.7 Å². The Bertz CT molecular complexity index is 173. The lowest BCUT2D eigenvalue weighted by Gasteiger charge is -2.40. The summed E-state index contributed by atoms with van der Waals surface area (Å²) in [6.45, 7) is -0.746. The Morgan fingerprint density at radius 3 is 2.07 bits per heavy atom. The number of hydrogen-bond donors (Lipinski definition) is 4. The molecule has 6 heteroatoms. The molecule has 0 radical (unpaired) electrons. The van der Waals surface area contributed by atoms with E-state index in [0.717, 1.165) is 0 Å². The monoisotopic (exact) mass is 208 g/mol. The second-order valence-electron chi connectivity index (χ2n) is 3.26. The molecule has 0 aliphatic carbocycles. The van der Waals surface area contributed by atoms with Gasteiger partial charge in [-0.05, 0) is 0 Å². The van der Waals surface area contributed by atoms with Gasteiger partial charge in [-0.3, -0.25) is 0 Å². The molecule has 0 saturated carbocycles. The summed E-state index contributed by atoms with van der Waals surface area (Å²) in [6.07, 6.45) is -4.75. The third kappa shape index (κ3) is 2.05. The fourth-order valence-electron chi connectivity index (χ4n) is 1.61. The van der Waals surface area contributed by atoms with Crippen molar-refractivity contribution in [3.05, 3.63) is 0 Å². The summed E-state index contributed by atoms with van der Waals surface area (Å²) in [5.41, 5.74) is 0. The van der Waals surface area contributed by atoms with E-state index in [1.165, 1.54) is 7.11 Å². The molecule has 1 aliphatic heterocycles. The molecule has 5 unspecified atom stereocenters. The van der Waals surface area contributed by atoms with Gasteiger partial charge in [0, 0.05) is 7.11 Å². The van der Waals surface area contributed by atoms with Crippen LogP contribution in [0.25, 0.3) is 0 Å². The maximum atomic E-state index is 9.56. The second kappa shape index (κ2) is 5.01.